The van der Waals surface area contributed by atoms with E-state index >= 15 is 0 Å². The molecule has 1 amide bonds. The monoisotopic (exact) mass is 410 g/mol. The van der Waals surface area contributed by atoms with Crippen LogP contribution in [-0.2, 0) is 20.8 Å². The average molecular weight is 410 g/mol. The second-order valence-electron chi connectivity index (χ2n) is 7.06. The van der Waals surface area contributed by atoms with E-state index in [1.807, 2.05) is 0 Å². The quantitative estimate of drug-likeness (QED) is 0.476. The summed E-state index contributed by atoms with van der Waals surface area (Å²) in [6.45, 7) is 4.09. The molecular weight excluding hydrogens is 388 g/mol. The van der Waals surface area contributed by atoms with E-state index in [4.69, 9.17) is 9.47 Å². The van der Waals surface area contributed by atoms with Crippen LogP contribution in [0.1, 0.15) is 37.0 Å². The van der Waals surface area contributed by atoms with Crippen LogP contribution in [0.4, 0.5) is 0 Å². The van der Waals surface area contributed by atoms with Crippen LogP contribution in [0.3, 0.4) is 0 Å². The Hall–Kier alpha value is -3.33. The molecule has 0 N–H and O–H groups in total. The van der Waals surface area contributed by atoms with Gasteiger partial charge in [0.25, 0.3) is 5.56 Å². The maximum absolute atomic E-state index is 13.2. The van der Waals surface area contributed by atoms with E-state index in [0.29, 0.717) is 24.4 Å². The Morgan fingerprint density at radius 1 is 1.37 bits per heavy atom. The van der Waals surface area contributed by atoms with Gasteiger partial charge in [0.1, 0.15) is 16.9 Å². The lowest BCUT2D eigenvalue weighted by Crippen LogP contribution is -2.35. The minimum absolute atomic E-state index is 0.0485. The highest BCUT2D eigenvalue weighted by Gasteiger charge is 2.23. The van der Waals surface area contributed by atoms with Crippen LogP contribution in [0.5, 0.6) is 0 Å². The van der Waals surface area contributed by atoms with Crippen molar-refractivity contribution in [3.8, 4) is 0 Å². The maximum Gasteiger partial charge on any atom is 0.341 e. The molecule has 1 aliphatic rings. The largest absolute Gasteiger partial charge is 0.462 e. The molecular formula is C21H22N4O5. The van der Waals surface area contributed by atoms with E-state index in [1.165, 1.54) is 17.4 Å². The third-order valence-electron chi connectivity index (χ3n) is 4.96. The van der Waals surface area contributed by atoms with Gasteiger partial charge in [-0.1, -0.05) is 6.07 Å². The van der Waals surface area contributed by atoms with Crippen molar-refractivity contribution >= 4 is 28.6 Å². The van der Waals surface area contributed by atoms with Gasteiger partial charge in [-0.15, -0.1) is 0 Å². The Morgan fingerprint density at radius 2 is 2.20 bits per heavy atom. The zero-order valence-electron chi connectivity index (χ0n) is 16.8. The van der Waals surface area contributed by atoms with E-state index < -0.39 is 11.9 Å². The molecule has 4 rings (SSSR count). The van der Waals surface area contributed by atoms with Crippen molar-refractivity contribution < 1.29 is 19.1 Å². The van der Waals surface area contributed by atoms with Gasteiger partial charge in [-0.3, -0.25) is 14.0 Å². The molecule has 9 nitrogen and oxygen atoms in total. The van der Waals surface area contributed by atoms with Crippen LogP contribution in [0.15, 0.2) is 40.2 Å². The summed E-state index contributed by atoms with van der Waals surface area (Å²) in [5.74, 6) is -1.13. The SMILES string of the molecule is CCOC(=O)c1cc2c(=O)n3ccccc3nc2n(C[C@H]2CCCO2)c1=NC(C)=O. The summed E-state index contributed by atoms with van der Waals surface area (Å²) in [5.41, 5.74) is 0.642. The summed E-state index contributed by atoms with van der Waals surface area (Å²) in [7, 11) is 0. The topological polar surface area (TPSA) is 104 Å². The number of ether oxygens (including phenoxy) is 2. The van der Waals surface area contributed by atoms with E-state index in [-0.39, 0.29) is 34.7 Å². The Balaban J connectivity index is 2.12. The predicted molar refractivity (Wildman–Crippen MR) is 108 cm³/mol. The highest BCUT2D eigenvalue weighted by Crippen LogP contribution is 2.17. The summed E-state index contributed by atoms with van der Waals surface area (Å²) < 4.78 is 14.0. The summed E-state index contributed by atoms with van der Waals surface area (Å²) in [4.78, 5) is 46.5. The molecule has 156 valence electrons. The fourth-order valence-corrected chi connectivity index (χ4v) is 3.67. The summed E-state index contributed by atoms with van der Waals surface area (Å²) >= 11 is 0. The van der Waals surface area contributed by atoms with Gasteiger partial charge < -0.3 is 14.0 Å². The molecule has 1 aliphatic heterocycles. The van der Waals surface area contributed by atoms with Crippen molar-refractivity contribution in [2.45, 2.75) is 39.3 Å². The standard InChI is InChI=1S/C21H22N4O5/c1-3-29-21(28)16-11-15-18(23-17-8-4-5-9-24(17)20(15)27)25(19(16)22-13(2)26)12-14-7-6-10-30-14/h4-5,8-9,11,14H,3,6-7,10,12H2,1-2H3/t14-/m1/s1. The highest BCUT2D eigenvalue weighted by atomic mass is 16.5. The molecule has 0 bridgehead atoms. The van der Waals surface area contributed by atoms with Crippen molar-refractivity contribution in [3.05, 3.63) is 51.9 Å². The van der Waals surface area contributed by atoms with Crippen molar-refractivity contribution in [1.82, 2.24) is 14.0 Å². The first kappa shape index (κ1) is 20.0. The number of hydrogen-bond acceptors (Lipinski definition) is 6. The molecule has 0 radical (unpaired) electrons. The zero-order valence-corrected chi connectivity index (χ0v) is 16.8. The molecule has 1 fully saturated rings. The van der Waals surface area contributed by atoms with Gasteiger partial charge >= 0.3 is 5.97 Å². The first-order valence-electron chi connectivity index (χ1n) is 9.88. The number of amides is 1. The van der Waals surface area contributed by atoms with E-state index in [2.05, 4.69) is 9.98 Å². The van der Waals surface area contributed by atoms with Gasteiger partial charge in [-0.25, -0.2) is 9.78 Å². The minimum atomic E-state index is -0.655. The number of pyridine rings is 2. The van der Waals surface area contributed by atoms with Crippen LogP contribution < -0.4 is 11.0 Å². The molecule has 0 aromatic carbocycles. The number of carbonyl (C=O) groups excluding carboxylic acids is 2. The van der Waals surface area contributed by atoms with Gasteiger partial charge in [0.15, 0.2) is 5.49 Å². The van der Waals surface area contributed by atoms with E-state index in [1.54, 1.807) is 35.9 Å². The second kappa shape index (κ2) is 8.19. The number of fused-ring (bicyclic) bond motifs is 2. The Labute approximate surface area is 171 Å². The molecule has 0 spiro atoms. The fourth-order valence-electron chi connectivity index (χ4n) is 3.67. The molecule has 0 saturated carbocycles. The molecule has 9 heteroatoms. The van der Waals surface area contributed by atoms with Crippen molar-refractivity contribution in [1.29, 1.82) is 0 Å². The highest BCUT2D eigenvalue weighted by molar-refractivity contribution is 5.93. The van der Waals surface area contributed by atoms with E-state index in [0.717, 1.165) is 12.8 Å². The predicted octanol–water partition coefficient (Wildman–Crippen LogP) is 1.45. The number of carbonyl (C=O) groups is 2. The smallest absolute Gasteiger partial charge is 0.341 e. The van der Waals surface area contributed by atoms with Gasteiger partial charge in [0.05, 0.1) is 24.6 Å². The van der Waals surface area contributed by atoms with Gasteiger partial charge in [0.2, 0.25) is 5.91 Å². The number of rotatable bonds is 4. The molecule has 4 heterocycles. The Kier molecular flexibility index (Phi) is 5.45. The lowest BCUT2D eigenvalue weighted by molar-refractivity contribution is -0.116. The van der Waals surface area contributed by atoms with Crippen LogP contribution >= 0.6 is 0 Å². The number of esters is 1. The molecule has 3 aromatic rings. The van der Waals surface area contributed by atoms with Crippen LogP contribution in [0, 0.1) is 0 Å². The van der Waals surface area contributed by atoms with Crippen molar-refractivity contribution in [2.24, 2.45) is 4.99 Å². The fraction of sp³-hybridized carbons (Fsp3) is 0.381. The van der Waals surface area contributed by atoms with Gasteiger partial charge in [-0.2, -0.15) is 4.99 Å². The lowest BCUT2D eigenvalue weighted by Gasteiger charge is -2.17. The molecule has 1 atom stereocenters. The first-order valence-corrected chi connectivity index (χ1v) is 9.88. The van der Waals surface area contributed by atoms with Crippen LogP contribution in [-0.4, -0.2) is 45.1 Å². The molecule has 0 aliphatic carbocycles. The minimum Gasteiger partial charge on any atom is -0.462 e. The Bertz CT molecular complexity index is 1270. The normalized spacial score (nSPS) is 17.0. The number of nitrogens with zero attached hydrogens (tertiary/aromatic N) is 4. The van der Waals surface area contributed by atoms with Gasteiger partial charge in [-0.05, 0) is 38.0 Å². The third-order valence-corrected chi connectivity index (χ3v) is 4.96. The van der Waals surface area contributed by atoms with Crippen molar-refractivity contribution in [2.75, 3.05) is 13.2 Å². The average Bonchev–Trinajstić information content (AvgIpc) is 3.23. The third kappa shape index (κ3) is 3.63. The first-order chi connectivity index (χ1) is 14.5. The number of hydrogen-bond donors (Lipinski definition) is 0. The summed E-state index contributed by atoms with van der Waals surface area (Å²) in [6, 6.07) is 6.65. The van der Waals surface area contributed by atoms with E-state index in [9.17, 15) is 14.4 Å². The molecule has 30 heavy (non-hydrogen) atoms. The number of aromatic nitrogens is 3. The molecule has 3 aromatic heterocycles. The summed E-state index contributed by atoms with van der Waals surface area (Å²) in [6.07, 6.45) is 3.22. The second-order valence-corrected chi connectivity index (χ2v) is 7.06. The molecule has 1 saturated heterocycles. The van der Waals surface area contributed by atoms with Crippen LogP contribution in [0.2, 0.25) is 0 Å². The molecule has 0 unspecified atom stereocenters. The van der Waals surface area contributed by atoms with Crippen LogP contribution in [0.25, 0.3) is 16.7 Å². The van der Waals surface area contributed by atoms with Gasteiger partial charge in [0, 0.05) is 19.7 Å². The lowest BCUT2D eigenvalue weighted by atomic mass is 10.2. The van der Waals surface area contributed by atoms with Crippen molar-refractivity contribution in [3.63, 3.8) is 0 Å². The zero-order chi connectivity index (χ0) is 21.3. The maximum atomic E-state index is 13.2. The Morgan fingerprint density at radius 3 is 2.90 bits per heavy atom. The summed E-state index contributed by atoms with van der Waals surface area (Å²) in [5, 5.41) is 0.238.